The predicted molar refractivity (Wildman–Crippen MR) is 50.3 cm³/mol. The van der Waals surface area contributed by atoms with Gasteiger partial charge in [0.1, 0.15) is 5.76 Å². The van der Waals surface area contributed by atoms with Gasteiger partial charge in [0.05, 0.1) is 12.7 Å². The molecule has 3 heteroatoms. The van der Waals surface area contributed by atoms with Crippen LogP contribution in [0.1, 0.15) is 30.9 Å². The largest absolute Gasteiger partial charge is 0.445 e. The quantitative estimate of drug-likeness (QED) is 0.768. The molecule has 0 saturated heterocycles. The fourth-order valence-corrected chi connectivity index (χ4v) is 1.56. The fraction of sp³-hybridized carbons (Fsp3) is 0.700. The van der Waals surface area contributed by atoms with Gasteiger partial charge in [-0.3, -0.25) is 0 Å². The van der Waals surface area contributed by atoms with Crippen LogP contribution in [-0.4, -0.2) is 11.5 Å². The fourth-order valence-electron chi connectivity index (χ4n) is 1.56. The minimum Gasteiger partial charge on any atom is -0.445 e. The van der Waals surface area contributed by atoms with E-state index in [0.717, 1.165) is 30.7 Å². The lowest BCUT2D eigenvalue weighted by molar-refractivity contribution is 0.296. The van der Waals surface area contributed by atoms with Crippen LogP contribution in [-0.2, 0) is 6.54 Å². The SMILES string of the molecule is Cc1cnc(CNCC2CCC2)o1. The standard InChI is InChI=1S/C10H16N2O/c1-8-5-12-10(13-8)7-11-6-9-3-2-4-9/h5,9,11H,2-4,6-7H2,1H3. The Morgan fingerprint density at radius 1 is 1.62 bits per heavy atom. The average Bonchev–Trinajstić information content (AvgIpc) is 2.42. The van der Waals surface area contributed by atoms with Gasteiger partial charge < -0.3 is 9.73 Å². The van der Waals surface area contributed by atoms with Gasteiger partial charge in [-0.05, 0) is 32.2 Å². The molecule has 1 aromatic heterocycles. The summed E-state index contributed by atoms with van der Waals surface area (Å²) < 4.78 is 5.34. The highest BCUT2D eigenvalue weighted by Crippen LogP contribution is 2.25. The molecule has 1 aliphatic carbocycles. The van der Waals surface area contributed by atoms with Crippen LogP contribution < -0.4 is 5.32 Å². The van der Waals surface area contributed by atoms with E-state index < -0.39 is 0 Å². The van der Waals surface area contributed by atoms with Gasteiger partial charge in [-0.25, -0.2) is 4.98 Å². The second-order valence-electron chi connectivity index (χ2n) is 3.79. The summed E-state index contributed by atoms with van der Waals surface area (Å²) in [7, 11) is 0. The number of oxazole rings is 1. The van der Waals surface area contributed by atoms with E-state index in [0.29, 0.717) is 0 Å². The van der Waals surface area contributed by atoms with E-state index in [2.05, 4.69) is 10.3 Å². The minimum atomic E-state index is 0.768. The molecule has 1 fully saturated rings. The van der Waals surface area contributed by atoms with Crippen LogP contribution in [0.25, 0.3) is 0 Å². The first-order valence-electron chi connectivity index (χ1n) is 4.96. The van der Waals surface area contributed by atoms with Crippen molar-refractivity contribution >= 4 is 0 Å². The summed E-state index contributed by atoms with van der Waals surface area (Å²) in [6, 6.07) is 0. The van der Waals surface area contributed by atoms with Gasteiger partial charge in [-0.2, -0.15) is 0 Å². The van der Waals surface area contributed by atoms with Crippen molar-refractivity contribution in [3.63, 3.8) is 0 Å². The van der Waals surface area contributed by atoms with E-state index in [1.54, 1.807) is 6.20 Å². The molecule has 0 unspecified atom stereocenters. The van der Waals surface area contributed by atoms with Gasteiger partial charge in [-0.1, -0.05) is 6.42 Å². The maximum atomic E-state index is 5.34. The summed E-state index contributed by atoms with van der Waals surface area (Å²) >= 11 is 0. The molecule has 3 nitrogen and oxygen atoms in total. The van der Waals surface area contributed by atoms with Crippen molar-refractivity contribution in [2.75, 3.05) is 6.54 Å². The Labute approximate surface area is 78.5 Å². The molecule has 1 N–H and O–H groups in total. The first-order chi connectivity index (χ1) is 6.34. The molecule has 1 saturated carbocycles. The van der Waals surface area contributed by atoms with Gasteiger partial charge in [0.2, 0.25) is 5.89 Å². The van der Waals surface area contributed by atoms with Crippen molar-refractivity contribution in [3.8, 4) is 0 Å². The van der Waals surface area contributed by atoms with Crippen LogP contribution in [0.15, 0.2) is 10.6 Å². The molecule has 0 aromatic carbocycles. The molecule has 0 spiro atoms. The number of nitrogens with zero attached hydrogens (tertiary/aromatic N) is 1. The van der Waals surface area contributed by atoms with E-state index in [9.17, 15) is 0 Å². The predicted octanol–water partition coefficient (Wildman–Crippen LogP) is 1.87. The molecule has 13 heavy (non-hydrogen) atoms. The van der Waals surface area contributed by atoms with Crippen molar-refractivity contribution in [1.82, 2.24) is 10.3 Å². The van der Waals surface area contributed by atoms with E-state index in [4.69, 9.17) is 4.42 Å². The van der Waals surface area contributed by atoms with Crippen LogP contribution in [0.4, 0.5) is 0 Å². The molecule has 0 radical (unpaired) electrons. The van der Waals surface area contributed by atoms with Crippen molar-refractivity contribution in [2.45, 2.75) is 32.7 Å². The summed E-state index contributed by atoms with van der Waals surface area (Å²) in [4.78, 5) is 4.13. The summed E-state index contributed by atoms with van der Waals surface area (Å²) in [5.74, 6) is 2.59. The topological polar surface area (TPSA) is 38.1 Å². The van der Waals surface area contributed by atoms with E-state index in [1.807, 2.05) is 6.92 Å². The summed E-state index contributed by atoms with van der Waals surface area (Å²) in [6.45, 7) is 3.80. The highest BCUT2D eigenvalue weighted by molar-refractivity contribution is 4.90. The van der Waals surface area contributed by atoms with Crippen LogP contribution >= 0.6 is 0 Å². The molecular weight excluding hydrogens is 164 g/mol. The third-order valence-corrected chi connectivity index (χ3v) is 2.60. The first kappa shape index (κ1) is 8.75. The Bertz CT molecular complexity index is 266. The Kier molecular flexibility index (Phi) is 2.64. The Morgan fingerprint density at radius 3 is 3.00 bits per heavy atom. The molecule has 0 atom stereocenters. The van der Waals surface area contributed by atoms with Crippen LogP contribution in [0.5, 0.6) is 0 Å². The minimum absolute atomic E-state index is 0.768. The molecule has 2 rings (SSSR count). The number of aromatic nitrogens is 1. The molecule has 1 heterocycles. The smallest absolute Gasteiger partial charge is 0.208 e. The molecular formula is C10H16N2O. The van der Waals surface area contributed by atoms with Crippen molar-refractivity contribution in [1.29, 1.82) is 0 Å². The average molecular weight is 180 g/mol. The molecule has 72 valence electrons. The molecule has 0 aliphatic heterocycles. The third-order valence-electron chi connectivity index (χ3n) is 2.60. The Balaban J connectivity index is 1.67. The third kappa shape index (κ3) is 2.31. The lowest BCUT2D eigenvalue weighted by Gasteiger charge is -2.25. The number of hydrogen-bond donors (Lipinski definition) is 1. The normalized spacial score (nSPS) is 17.3. The van der Waals surface area contributed by atoms with Crippen LogP contribution in [0.2, 0.25) is 0 Å². The van der Waals surface area contributed by atoms with Gasteiger partial charge in [0, 0.05) is 0 Å². The second-order valence-corrected chi connectivity index (χ2v) is 3.79. The van der Waals surface area contributed by atoms with Crippen molar-refractivity contribution < 1.29 is 4.42 Å². The van der Waals surface area contributed by atoms with Gasteiger partial charge in [-0.15, -0.1) is 0 Å². The highest BCUT2D eigenvalue weighted by Gasteiger charge is 2.16. The van der Waals surface area contributed by atoms with Gasteiger partial charge in [0.25, 0.3) is 0 Å². The number of nitrogens with one attached hydrogen (secondary N) is 1. The van der Waals surface area contributed by atoms with Gasteiger partial charge in [0.15, 0.2) is 0 Å². The highest BCUT2D eigenvalue weighted by atomic mass is 16.4. The van der Waals surface area contributed by atoms with Crippen molar-refractivity contribution in [2.24, 2.45) is 5.92 Å². The zero-order chi connectivity index (χ0) is 9.10. The lowest BCUT2D eigenvalue weighted by atomic mass is 9.85. The van der Waals surface area contributed by atoms with Crippen LogP contribution in [0, 0.1) is 12.8 Å². The number of rotatable bonds is 4. The molecule has 0 amide bonds. The Morgan fingerprint density at radius 2 is 2.46 bits per heavy atom. The Hall–Kier alpha value is -0.830. The van der Waals surface area contributed by atoms with Gasteiger partial charge >= 0.3 is 0 Å². The molecule has 1 aromatic rings. The molecule has 1 aliphatic rings. The van der Waals surface area contributed by atoms with E-state index in [1.165, 1.54) is 19.3 Å². The lowest BCUT2D eigenvalue weighted by Crippen LogP contribution is -2.26. The zero-order valence-corrected chi connectivity index (χ0v) is 8.05. The molecule has 0 bridgehead atoms. The first-order valence-corrected chi connectivity index (χ1v) is 4.96. The maximum Gasteiger partial charge on any atom is 0.208 e. The summed E-state index contributed by atoms with van der Waals surface area (Å²) in [5, 5.41) is 3.36. The number of hydrogen-bond acceptors (Lipinski definition) is 3. The summed E-state index contributed by atoms with van der Waals surface area (Å²) in [5.41, 5.74) is 0. The van der Waals surface area contributed by atoms with E-state index in [-0.39, 0.29) is 0 Å². The maximum absolute atomic E-state index is 5.34. The second kappa shape index (κ2) is 3.92. The number of aryl methyl sites for hydroxylation is 1. The van der Waals surface area contributed by atoms with E-state index >= 15 is 0 Å². The zero-order valence-electron chi connectivity index (χ0n) is 8.05. The monoisotopic (exact) mass is 180 g/mol. The van der Waals surface area contributed by atoms with Crippen LogP contribution in [0.3, 0.4) is 0 Å². The van der Waals surface area contributed by atoms with Crippen molar-refractivity contribution in [3.05, 3.63) is 17.8 Å². The summed E-state index contributed by atoms with van der Waals surface area (Å²) in [6.07, 6.45) is 5.94.